The highest BCUT2D eigenvalue weighted by atomic mass is 32.2. The molecule has 2 rings (SSSR count). The summed E-state index contributed by atoms with van der Waals surface area (Å²) in [5.41, 5.74) is 0.906. The maximum Gasteiger partial charge on any atom is 0.335 e. The van der Waals surface area contributed by atoms with Crippen LogP contribution in [-0.2, 0) is 4.79 Å². The smallest absolute Gasteiger partial charge is 0.335 e. The van der Waals surface area contributed by atoms with E-state index in [1.807, 2.05) is 0 Å². The summed E-state index contributed by atoms with van der Waals surface area (Å²) in [5.74, 6) is -3.44. The van der Waals surface area contributed by atoms with E-state index in [1.54, 1.807) is 12.1 Å². The number of aliphatic carboxylic acids is 1. The Morgan fingerprint density at radius 1 is 1.00 bits per heavy atom. The van der Waals surface area contributed by atoms with Gasteiger partial charge in [-0.2, -0.15) is 0 Å². The van der Waals surface area contributed by atoms with Gasteiger partial charge in [-0.25, -0.2) is 9.18 Å². The van der Waals surface area contributed by atoms with Gasteiger partial charge in [0.1, 0.15) is 5.82 Å². The van der Waals surface area contributed by atoms with Crippen molar-refractivity contribution in [1.29, 1.82) is 0 Å². The van der Waals surface area contributed by atoms with E-state index in [-0.39, 0.29) is 21.8 Å². The maximum absolute atomic E-state index is 13.9. The standard InChI is InChI=1S/C18H13FO5S/c19-14-9-13(6-8-16(14)25-10-17(21)22)15(20)7-3-11-1-4-12(5-2-11)18(23)24/h1-9H,10H2,(H,21,22)(H,23,24)/b7-3+. The molecule has 25 heavy (non-hydrogen) atoms. The van der Waals surface area contributed by atoms with Crippen LogP contribution in [0, 0.1) is 5.82 Å². The topological polar surface area (TPSA) is 91.7 Å². The molecular formula is C18H13FO5S. The molecule has 0 aliphatic carbocycles. The number of aromatic carboxylic acids is 1. The number of ketones is 1. The normalized spacial score (nSPS) is 10.8. The maximum atomic E-state index is 13.9. The third-order valence-corrected chi connectivity index (χ3v) is 4.19. The van der Waals surface area contributed by atoms with Crippen molar-refractivity contribution < 1.29 is 29.0 Å². The molecule has 2 aromatic rings. The van der Waals surface area contributed by atoms with E-state index in [0.717, 1.165) is 17.8 Å². The van der Waals surface area contributed by atoms with Gasteiger partial charge in [0.15, 0.2) is 5.78 Å². The summed E-state index contributed by atoms with van der Waals surface area (Å²) in [6, 6.07) is 9.80. The zero-order valence-corrected chi connectivity index (χ0v) is 13.6. The fourth-order valence-corrected chi connectivity index (χ4v) is 2.56. The molecule has 2 aromatic carbocycles. The second-order valence-electron chi connectivity index (χ2n) is 4.95. The molecule has 128 valence electrons. The first-order valence-electron chi connectivity index (χ1n) is 7.07. The molecule has 2 N–H and O–H groups in total. The summed E-state index contributed by atoms with van der Waals surface area (Å²) < 4.78 is 13.9. The van der Waals surface area contributed by atoms with Gasteiger partial charge in [0.25, 0.3) is 0 Å². The van der Waals surface area contributed by atoms with Crippen LogP contribution in [0.5, 0.6) is 0 Å². The molecule has 0 unspecified atom stereocenters. The predicted octanol–water partition coefficient (Wildman–Crippen LogP) is 3.60. The number of carbonyl (C=O) groups is 3. The molecule has 0 spiro atoms. The van der Waals surface area contributed by atoms with Gasteiger partial charge in [0, 0.05) is 10.5 Å². The van der Waals surface area contributed by atoms with Crippen molar-refractivity contribution in [2.24, 2.45) is 0 Å². The number of benzene rings is 2. The molecule has 0 atom stereocenters. The van der Waals surface area contributed by atoms with Crippen LogP contribution in [0.4, 0.5) is 4.39 Å². The fourth-order valence-electron chi connectivity index (χ4n) is 1.92. The van der Waals surface area contributed by atoms with E-state index < -0.39 is 23.5 Å². The SMILES string of the molecule is O=C(O)CSc1ccc(C(=O)/C=C/c2ccc(C(=O)O)cc2)cc1F. The van der Waals surface area contributed by atoms with Crippen LogP contribution in [0.1, 0.15) is 26.3 Å². The third kappa shape index (κ3) is 5.29. The molecule has 0 amide bonds. The number of hydrogen-bond donors (Lipinski definition) is 2. The molecule has 0 bridgehead atoms. The second-order valence-corrected chi connectivity index (χ2v) is 5.97. The van der Waals surface area contributed by atoms with Gasteiger partial charge in [-0.05, 0) is 42.0 Å². The largest absolute Gasteiger partial charge is 0.481 e. The van der Waals surface area contributed by atoms with Gasteiger partial charge in [0.05, 0.1) is 11.3 Å². The number of hydrogen-bond acceptors (Lipinski definition) is 4. The quantitative estimate of drug-likeness (QED) is 0.445. The summed E-state index contributed by atoms with van der Waals surface area (Å²) in [7, 11) is 0. The van der Waals surface area contributed by atoms with Gasteiger partial charge in [-0.1, -0.05) is 18.2 Å². The Labute approximate surface area is 146 Å². The third-order valence-electron chi connectivity index (χ3n) is 3.15. The zero-order valence-electron chi connectivity index (χ0n) is 12.8. The highest BCUT2D eigenvalue weighted by molar-refractivity contribution is 8.00. The Balaban J connectivity index is 2.08. The highest BCUT2D eigenvalue weighted by Gasteiger charge is 2.10. The number of carboxylic acids is 2. The molecular weight excluding hydrogens is 347 g/mol. The summed E-state index contributed by atoms with van der Waals surface area (Å²) in [6.45, 7) is 0. The van der Waals surface area contributed by atoms with Gasteiger partial charge < -0.3 is 10.2 Å². The van der Waals surface area contributed by atoms with Gasteiger partial charge in [-0.3, -0.25) is 9.59 Å². The second kappa shape index (κ2) is 8.25. The molecule has 0 aliphatic rings. The predicted molar refractivity (Wildman–Crippen MR) is 91.5 cm³/mol. The molecule has 0 saturated heterocycles. The zero-order chi connectivity index (χ0) is 18.4. The van der Waals surface area contributed by atoms with Crippen molar-refractivity contribution in [2.45, 2.75) is 4.90 Å². The minimum atomic E-state index is -1.05. The summed E-state index contributed by atoms with van der Waals surface area (Å²) in [5, 5.41) is 17.4. The lowest BCUT2D eigenvalue weighted by Gasteiger charge is -2.03. The van der Waals surface area contributed by atoms with Crippen LogP contribution in [0.3, 0.4) is 0 Å². The number of allylic oxidation sites excluding steroid dienone is 1. The molecule has 5 nitrogen and oxygen atoms in total. The minimum Gasteiger partial charge on any atom is -0.481 e. The highest BCUT2D eigenvalue weighted by Crippen LogP contribution is 2.23. The fraction of sp³-hybridized carbons (Fsp3) is 0.0556. The van der Waals surface area contributed by atoms with Crippen molar-refractivity contribution >= 4 is 35.6 Å². The Kier molecular flexibility index (Phi) is 6.08. The number of carbonyl (C=O) groups excluding carboxylic acids is 1. The van der Waals surface area contributed by atoms with Crippen LogP contribution in [0.2, 0.25) is 0 Å². The first-order chi connectivity index (χ1) is 11.9. The lowest BCUT2D eigenvalue weighted by Crippen LogP contribution is -2.00. The van der Waals surface area contributed by atoms with E-state index in [4.69, 9.17) is 10.2 Å². The Bertz CT molecular complexity index is 843. The van der Waals surface area contributed by atoms with E-state index in [2.05, 4.69) is 0 Å². The first kappa shape index (κ1) is 18.4. The van der Waals surface area contributed by atoms with E-state index in [9.17, 15) is 18.8 Å². The van der Waals surface area contributed by atoms with E-state index in [1.165, 1.54) is 36.4 Å². The van der Waals surface area contributed by atoms with Crippen LogP contribution >= 0.6 is 11.8 Å². The average molecular weight is 360 g/mol. The number of halogens is 1. The average Bonchev–Trinajstić information content (AvgIpc) is 2.58. The Morgan fingerprint density at radius 2 is 1.64 bits per heavy atom. The number of rotatable bonds is 7. The van der Waals surface area contributed by atoms with Crippen LogP contribution < -0.4 is 0 Å². The van der Waals surface area contributed by atoms with Crippen molar-refractivity contribution in [3.63, 3.8) is 0 Å². The number of thioether (sulfide) groups is 1. The summed E-state index contributed by atoms with van der Waals surface area (Å²) >= 11 is 0.838. The van der Waals surface area contributed by atoms with Crippen LogP contribution in [-0.4, -0.2) is 33.7 Å². The summed E-state index contributed by atoms with van der Waals surface area (Å²) in [6.07, 6.45) is 2.76. The number of carboxylic acid groups (broad SMARTS) is 2. The molecule has 0 radical (unpaired) electrons. The van der Waals surface area contributed by atoms with Crippen molar-refractivity contribution in [3.8, 4) is 0 Å². The Morgan fingerprint density at radius 3 is 2.20 bits per heavy atom. The van der Waals surface area contributed by atoms with Crippen molar-refractivity contribution in [2.75, 3.05) is 5.75 Å². The Hall–Kier alpha value is -2.93. The molecule has 0 heterocycles. The molecule has 0 aromatic heterocycles. The molecule has 0 fully saturated rings. The lowest BCUT2D eigenvalue weighted by atomic mass is 10.1. The molecule has 0 saturated carbocycles. The van der Waals surface area contributed by atoms with Crippen molar-refractivity contribution in [3.05, 3.63) is 71.0 Å². The van der Waals surface area contributed by atoms with Crippen LogP contribution in [0.15, 0.2) is 53.4 Å². The van der Waals surface area contributed by atoms with Gasteiger partial charge in [-0.15, -0.1) is 11.8 Å². The van der Waals surface area contributed by atoms with Crippen LogP contribution in [0.25, 0.3) is 6.08 Å². The monoisotopic (exact) mass is 360 g/mol. The summed E-state index contributed by atoms with van der Waals surface area (Å²) in [4.78, 5) is 33.5. The van der Waals surface area contributed by atoms with Gasteiger partial charge in [0.2, 0.25) is 0 Å². The molecule has 0 aliphatic heterocycles. The minimum absolute atomic E-state index is 0.135. The van der Waals surface area contributed by atoms with Gasteiger partial charge >= 0.3 is 11.9 Å². The van der Waals surface area contributed by atoms with E-state index in [0.29, 0.717) is 5.56 Å². The molecule has 7 heteroatoms. The first-order valence-corrected chi connectivity index (χ1v) is 8.05. The lowest BCUT2D eigenvalue weighted by molar-refractivity contribution is -0.133. The van der Waals surface area contributed by atoms with E-state index >= 15 is 0 Å². The van der Waals surface area contributed by atoms with Crippen molar-refractivity contribution in [1.82, 2.24) is 0 Å².